The van der Waals surface area contributed by atoms with E-state index in [4.69, 9.17) is 21.7 Å². The van der Waals surface area contributed by atoms with Gasteiger partial charge in [-0.05, 0) is 48.0 Å². The molecule has 1 aliphatic rings. The van der Waals surface area contributed by atoms with Crippen molar-refractivity contribution < 1.29 is 14.3 Å². The van der Waals surface area contributed by atoms with Gasteiger partial charge in [0.1, 0.15) is 18.1 Å². The number of nitrogens with zero attached hydrogens (tertiary/aromatic N) is 1. The lowest BCUT2D eigenvalue weighted by atomic mass is 10.2. The molecule has 0 bridgehead atoms. The zero-order chi connectivity index (χ0) is 18.5. The lowest BCUT2D eigenvalue weighted by Crippen LogP contribution is -2.27. The highest BCUT2D eigenvalue weighted by Gasteiger charge is 2.33. The van der Waals surface area contributed by atoms with Crippen molar-refractivity contribution in [3.63, 3.8) is 0 Å². The van der Waals surface area contributed by atoms with Crippen molar-refractivity contribution in [3.8, 4) is 11.5 Å². The molecule has 6 heteroatoms. The van der Waals surface area contributed by atoms with Gasteiger partial charge < -0.3 is 9.47 Å². The van der Waals surface area contributed by atoms with Crippen LogP contribution in [0.3, 0.4) is 0 Å². The third-order valence-corrected chi connectivity index (χ3v) is 4.97. The number of hydrogen-bond acceptors (Lipinski definition) is 5. The first kappa shape index (κ1) is 18.2. The SMILES string of the molecule is C=CCOc1ccc(/C=C2\SC(=S)N(c3ccc(OC)cc3)C2=O)cc1. The van der Waals surface area contributed by atoms with E-state index < -0.39 is 0 Å². The van der Waals surface area contributed by atoms with Crippen LogP contribution in [0.15, 0.2) is 66.1 Å². The Morgan fingerprint density at radius 1 is 1.12 bits per heavy atom. The van der Waals surface area contributed by atoms with Gasteiger partial charge in [-0.25, -0.2) is 0 Å². The van der Waals surface area contributed by atoms with Gasteiger partial charge in [-0.2, -0.15) is 0 Å². The summed E-state index contributed by atoms with van der Waals surface area (Å²) in [5, 5.41) is 0. The molecule has 1 aliphatic heterocycles. The fourth-order valence-electron chi connectivity index (χ4n) is 2.39. The number of thioether (sulfide) groups is 1. The van der Waals surface area contributed by atoms with Crippen molar-refractivity contribution in [1.29, 1.82) is 0 Å². The van der Waals surface area contributed by atoms with Crippen LogP contribution < -0.4 is 14.4 Å². The summed E-state index contributed by atoms with van der Waals surface area (Å²) in [6, 6.07) is 14.8. The summed E-state index contributed by atoms with van der Waals surface area (Å²) in [5.74, 6) is 1.36. The molecule has 0 saturated carbocycles. The van der Waals surface area contributed by atoms with Crippen molar-refractivity contribution in [1.82, 2.24) is 0 Å². The van der Waals surface area contributed by atoms with Gasteiger partial charge in [0, 0.05) is 0 Å². The van der Waals surface area contributed by atoms with Gasteiger partial charge in [0.25, 0.3) is 5.91 Å². The highest BCUT2D eigenvalue weighted by Crippen LogP contribution is 2.36. The van der Waals surface area contributed by atoms with E-state index in [1.165, 1.54) is 16.7 Å². The number of anilines is 1. The Kier molecular flexibility index (Phi) is 5.75. The van der Waals surface area contributed by atoms with Gasteiger partial charge in [0.2, 0.25) is 0 Å². The van der Waals surface area contributed by atoms with Crippen LogP contribution in [0.25, 0.3) is 6.08 Å². The number of hydrogen-bond donors (Lipinski definition) is 0. The van der Waals surface area contributed by atoms with Crippen LogP contribution in [-0.2, 0) is 4.79 Å². The van der Waals surface area contributed by atoms with Crippen LogP contribution in [-0.4, -0.2) is 23.9 Å². The van der Waals surface area contributed by atoms with E-state index >= 15 is 0 Å². The van der Waals surface area contributed by atoms with E-state index in [1.54, 1.807) is 25.3 Å². The number of thiocarbonyl (C=S) groups is 1. The third-order valence-electron chi connectivity index (χ3n) is 3.67. The van der Waals surface area contributed by atoms with Crippen molar-refractivity contribution >= 4 is 46.0 Å². The predicted octanol–water partition coefficient (Wildman–Crippen LogP) is 4.67. The first-order valence-electron chi connectivity index (χ1n) is 7.88. The van der Waals surface area contributed by atoms with E-state index in [0.717, 1.165) is 22.7 Å². The Morgan fingerprint density at radius 2 is 1.77 bits per heavy atom. The second-order valence-electron chi connectivity index (χ2n) is 5.38. The summed E-state index contributed by atoms with van der Waals surface area (Å²) >= 11 is 6.68. The molecule has 1 saturated heterocycles. The van der Waals surface area contributed by atoms with Gasteiger partial charge in [0.15, 0.2) is 4.32 Å². The molecular formula is C20H17NO3S2. The fraction of sp³-hybridized carbons (Fsp3) is 0.100. The summed E-state index contributed by atoms with van der Waals surface area (Å²) in [5.41, 5.74) is 1.64. The number of rotatable bonds is 6. The van der Waals surface area contributed by atoms with Crippen LogP contribution >= 0.6 is 24.0 Å². The average molecular weight is 383 g/mol. The topological polar surface area (TPSA) is 38.8 Å². The Balaban J connectivity index is 1.79. The van der Waals surface area contributed by atoms with Crippen molar-refractivity contribution in [3.05, 3.63) is 71.7 Å². The summed E-state index contributed by atoms with van der Waals surface area (Å²) in [6.45, 7) is 4.08. The molecule has 0 N–H and O–H groups in total. The van der Waals surface area contributed by atoms with E-state index in [1.807, 2.05) is 42.5 Å². The highest BCUT2D eigenvalue weighted by atomic mass is 32.2. The van der Waals surface area contributed by atoms with Crippen LogP contribution in [0.5, 0.6) is 11.5 Å². The lowest BCUT2D eigenvalue weighted by molar-refractivity contribution is -0.113. The molecule has 132 valence electrons. The average Bonchev–Trinajstić information content (AvgIpc) is 2.94. The minimum absolute atomic E-state index is 0.128. The molecule has 0 aliphatic carbocycles. The maximum Gasteiger partial charge on any atom is 0.270 e. The minimum Gasteiger partial charge on any atom is -0.497 e. The zero-order valence-electron chi connectivity index (χ0n) is 14.2. The Hall–Kier alpha value is -2.57. The van der Waals surface area contributed by atoms with Crippen LogP contribution in [0.1, 0.15) is 5.56 Å². The molecule has 3 rings (SSSR count). The van der Waals surface area contributed by atoms with Gasteiger partial charge in [0.05, 0.1) is 17.7 Å². The number of amides is 1. The third kappa shape index (κ3) is 3.98. The van der Waals surface area contributed by atoms with Crippen molar-refractivity contribution in [2.24, 2.45) is 0 Å². The number of carbonyl (C=O) groups is 1. The normalized spacial score (nSPS) is 15.4. The lowest BCUT2D eigenvalue weighted by Gasteiger charge is -2.14. The summed E-state index contributed by atoms with van der Waals surface area (Å²) in [6.07, 6.45) is 3.53. The van der Waals surface area contributed by atoms with E-state index in [-0.39, 0.29) is 5.91 Å². The number of ether oxygens (including phenoxy) is 2. The quantitative estimate of drug-likeness (QED) is 0.412. The number of benzene rings is 2. The second-order valence-corrected chi connectivity index (χ2v) is 7.06. The summed E-state index contributed by atoms with van der Waals surface area (Å²) in [4.78, 5) is 14.9. The summed E-state index contributed by atoms with van der Waals surface area (Å²) < 4.78 is 11.1. The highest BCUT2D eigenvalue weighted by molar-refractivity contribution is 8.27. The number of carbonyl (C=O) groups excluding carboxylic acids is 1. The van der Waals surface area contributed by atoms with Crippen LogP contribution in [0.2, 0.25) is 0 Å². The molecule has 26 heavy (non-hydrogen) atoms. The predicted molar refractivity (Wildman–Crippen MR) is 111 cm³/mol. The first-order chi connectivity index (χ1) is 12.6. The molecule has 2 aromatic carbocycles. The molecule has 2 aromatic rings. The molecule has 0 unspecified atom stereocenters. The van der Waals surface area contributed by atoms with Crippen molar-refractivity contribution in [2.75, 3.05) is 18.6 Å². The first-order valence-corrected chi connectivity index (χ1v) is 9.10. The molecular weight excluding hydrogens is 366 g/mol. The van der Waals surface area contributed by atoms with Gasteiger partial charge in [-0.3, -0.25) is 9.69 Å². The Labute approximate surface area is 162 Å². The molecule has 0 radical (unpaired) electrons. The molecule has 1 heterocycles. The molecule has 1 fully saturated rings. The second kappa shape index (κ2) is 8.21. The van der Waals surface area contributed by atoms with Gasteiger partial charge in [-0.15, -0.1) is 0 Å². The minimum atomic E-state index is -0.128. The maximum atomic E-state index is 12.8. The summed E-state index contributed by atoms with van der Waals surface area (Å²) in [7, 11) is 1.60. The van der Waals surface area contributed by atoms with E-state index in [9.17, 15) is 4.79 Å². The maximum absolute atomic E-state index is 12.8. The van der Waals surface area contributed by atoms with E-state index in [0.29, 0.717) is 15.8 Å². The monoisotopic (exact) mass is 383 g/mol. The van der Waals surface area contributed by atoms with Crippen LogP contribution in [0.4, 0.5) is 5.69 Å². The molecule has 0 spiro atoms. The standard InChI is InChI=1S/C20H17NO3S2/c1-3-12-24-17-8-4-14(5-9-17)13-18-19(22)21(20(25)26-18)15-6-10-16(23-2)11-7-15/h3-11,13H,1,12H2,2H3/b18-13-. The Morgan fingerprint density at radius 3 is 2.38 bits per heavy atom. The van der Waals surface area contributed by atoms with Crippen LogP contribution in [0, 0.1) is 0 Å². The van der Waals surface area contributed by atoms with Gasteiger partial charge in [-0.1, -0.05) is 48.8 Å². The molecule has 1 amide bonds. The van der Waals surface area contributed by atoms with Gasteiger partial charge >= 0.3 is 0 Å². The molecule has 0 atom stereocenters. The smallest absolute Gasteiger partial charge is 0.270 e. The molecule has 4 nitrogen and oxygen atoms in total. The van der Waals surface area contributed by atoms with Crippen molar-refractivity contribution in [2.45, 2.75) is 0 Å². The van der Waals surface area contributed by atoms with E-state index in [2.05, 4.69) is 6.58 Å². The zero-order valence-corrected chi connectivity index (χ0v) is 15.8. The molecule has 0 aromatic heterocycles. The largest absolute Gasteiger partial charge is 0.497 e. The number of methoxy groups -OCH3 is 1. The Bertz CT molecular complexity index is 858. The fourth-order valence-corrected chi connectivity index (χ4v) is 3.69.